The van der Waals surface area contributed by atoms with E-state index in [1.165, 1.54) is 19.2 Å². The van der Waals surface area contributed by atoms with Gasteiger partial charge in [0.2, 0.25) is 11.7 Å². The van der Waals surface area contributed by atoms with Gasteiger partial charge in [0.15, 0.2) is 11.5 Å². The van der Waals surface area contributed by atoms with Crippen molar-refractivity contribution >= 4 is 22.6 Å². The number of aromatic nitrogens is 2. The molecule has 29 heavy (non-hydrogen) atoms. The van der Waals surface area contributed by atoms with Gasteiger partial charge in [0.05, 0.1) is 23.8 Å². The lowest BCUT2D eigenvalue weighted by molar-refractivity contribution is -0.147. The highest BCUT2D eigenvalue weighted by molar-refractivity contribution is 5.93. The number of amides is 1. The quantitative estimate of drug-likeness (QED) is 0.717. The number of benzene rings is 2. The van der Waals surface area contributed by atoms with Crippen LogP contribution in [0.5, 0.6) is 17.2 Å². The highest BCUT2D eigenvalue weighted by Crippen LogP contribution is 2.38. The molecule has 2 aromatic carbocycles. The number of hydrogen-bond donors (Lipinski definition) is 1. The van der Waals surface area contributed by atoms with E-state index in [0.717, 1.165) is 4.57 Å². The fourth-order valence-electron chi connectivity index (χ4n) is 3.12. The van der Waals surface area contributed by atoms with Crippen LogP contribution in [0.3, 0.4) is 0 Å². The second kappa shape index (κ2) is 7.19. The van der Waals surface area contributed by atoms with Gasteiger partial charge in [-0.05, 0) is 12.1 Å². The minimum atomic E-state index is -4.74. The molecule has 1 aliphatic rings. The van der Waals surface area contributed by atoms with Crippen molar-refractivity contribution in [2.24, 2.45) is 0 Å². The number of carbonyl (C=O) groups excluding carboxylic acids is 1. The minimum Gasteiger partial charge on any atom is -0.495 e. The summed E-state index contributed by atoms with van der Waals surface area (Å²) < 4.78 is 57.5. The molecule has 0 unspecified atom stereocenters. The number of imidazole rings is 1. The number of nitrogens with one attached hydrogen (secondary N) is 1. The van der Waals surface area contributed by atoms with Crippen LogP contribution in [0.2, 0.25) is 0 Å². The maximum Gasteiger partial charge on any atom is 0.449 e. The average molecular weight is 407 g/mol. The average Bonchev–Trinajstić information content (AvgIpc) is 3.04. The molecule has 1 N–H and O–H groups in total. The van der Waals surface area contributed by atoms with Gasteiger partial charge in [0, 0.05) is 12.1 Å². The summed E-state index contributed by atoms with van der Waals surface area (Å²) in [4.78, 5) is 16.2. The van der Waals surface area contributed by atoms with Gasteiger partial charge in [-0.3, -0.25) is 4.79 Å². The Kier molecular flexibility index (Phi) is 4.69. The van der Waals surface area contributed by atoms with E-state index in [9.17, 15) is 18.0 Å². The lowest BCUT2D eigenvalue weighted by atomic mass is 10.2. The van der Waals surface area contributed by atoms with Crippen molar-refractivity contribution in [2.75, 3.05) is 25.6 Å². The Bertz CT molecular complexity index is 1080. The highest BCUT2D eigenvalue weighted by Gasteiger charge is 2.38. The van der Waals surface area contributed by atoms with Gasteiger partial charge in [-0.25, -0.2) is 4.98 Å². The number of methoxy groups -OCH3 is 1. The largest absolute Gasteiger partial charge is 0.495 e. The Morgan fingerprint density at radius 3 is 2.59 bits per heavy atom. The molecule has 1 aliphatic heterocycles. The van der Waals surface area contributed by atoms with Gasteiger partial charge in [0.1, 0.15) is 25.5 Å². The van der Waals surface area contributed by atoms with Crippen molar-refractivity contribution in [3.63, 3.8) is 0 Å². The van der Waals surface area contributed by atoms with Crippen LogP contribution < -0.4 is 19.5 Å². The molecular weight excluding hydrogens is 391 g/mol. The molecule has 10 heteroatoms. The monoisotopic (exact) mass is 407 g/mol. The third-order valence-corrected chi connectivity index (χ3v) is 4.35. The van der Waals surface area contributed by atoms with Crippen LogP contribution in [0.25, 0.3) is 11.0 Å². The molecule has 4 rings (SSSR count). The molecule has 0 bridgehead atoms. The van der Waals surface area contributed by atoms with Crippen molar-refractivity contribution in [1.29, 1.82) is 0 Å². The van der Waals surface area contributed by atoms with Crippen molar-refractivity contribution in [3.05, 3.63) is 42.2 Å². The zero-order valence-electron chi connectivity index (χ0n) is 15.2. The van der Waals surface area contributed by atoms with Gasteiger partial charge >= 0.3 is 6.18 Å². The van der Waals surface area contributed by atoms with Crippen molar-refractivity contribution < 1.29 is 32.2 Å². The Labute approximate surface area is 163 Å². The molecule has 0 radical (unpaired) electrons. The maximum atomic E-state index is 13.6. The van der Waals surface area contributed by atoms with Crippen LogP contribution in [0.4, 0.5) is 18.9 Å². The van der Waals surface area contributed by atoms with Gasteiger partial charge in [-0.15, -0.1) is 0 Å². The summed E-state index contributed by atoms with van der Waals surface area (Å²) in [7, 11) is 1.43. The summed E-state index contributed by atoms with van der Waals surface area (Å²) in [6.45, 7) is -0.0112. The predicted octanol–water partition coefficient (Wildman–Crippen LogP) is 3.47. The molecular formula is C19H16F3N3O4. The van der Waals surface area contributed by atoms with Crippen LogP contribution in [-0.2, 0) is 17.5 Å². The van der Waals surface area contributed by atoms with Gasteiger partial charge in [-0.2, -0.15) is 13.2 Å². The summed E-state index contributed by atoms with van der Waals surface area (Å²) >= 11 is 0. The molecule has 3 aromatic rings. The first-order valence-corrected chi connectivity index (χ1v) is 8.67. The summed E-state index contributed by atoms with van der Waals surface area (Å²) in [6.07, 6.45) is -4.74. The van der Waals surface area contributed by atoms with E-state index in [4.69, 9.17) is 14.2 Å². The zero-order valence-corrected chi connectivity index (χ0v) is 15.2. The Morgan fingerprint density at radius 2 is 1.90 bits per heavy atom. The van der Waals surface area contributed by atoms with E-state index < -0.39 is 24.5 Å². The van der Waals surface area contributed by atoms with Crippen LogP contribution >= 0.6 is 0 Å². The van der Waals surface area contributed by atoms with E-state index >= 15 is 0 Å². The number of para-hydroxylation sites is 2. The van der Waals surface area contributed by atoms with Gasteiger partial charge in [0.25, 0.3) is 0 Å². The predicted molar refractivity (Wildman–Crippen MR) is 97.3 cm³/mol. The number of halogens is 3. The molecule has 152 valence electrons. The number of nitrogens with zero attached hydrogens (tertiary/aromatic N) is 2. The van der Waals surface area contributed by atoms with Crippen LogP contribution in [0.1, 0.15) is 5.82 Å². The normalized spacial score (nSPS) is 13.4. The van der Waals surface area contributed by atoms with E-state index in [0.29, 0.717) is 29.5 Å². The molecule has 0 aliphatic carbocycles. The van der Waals surface area contributed by atoms with E-state index in [-0.39, 0.29) is 17.6 Å². The minimum absolute atomic E-state index is 0.0617. The molecule has 0 fully saturated rings. The van der Waals surface area contributed by atoms with Crippen molar-refractivity contribution in [3.8, 4) is 17.2 Å². The van der Waals surface area contributed by atoms with Crippen LogP contribution in [0, 0.1) is 0 Å². The zero-order chi connectivity index (χ0) is 20.6. The Hall–Kier alpha value is -3.43. The number of ether oxygens (including phenoxy) is 3. The molecule has 0 spiro atoms. The molecule has 7 nitrogen and oxygen atoms in total. The molecule has 1 amide bonds. The Balaban J connectivity index is 1.72. The first kappa shape index (κ1) is 18.9. The van der Waals surface area contributed by atoms with E-state index in [1.54, 1.807) is 24.3 Å². The second-order valence-electron chi connectivity index (χ2n) is 6.25. The van der Waals surface area contributed by atoms with Gasteiger partial charge in [-0.1, -0.05) is 12.1 Å². The molecule has 0 saturated heterocycles. The smallest absolute Gasteiger partial charge is 0.449 e. The van der Waals surface area contributed by atoms with E-state index in [1.807, 2.05) is 0 Å². The topological polar surface area (TPSA) is 74.6 Å². The first-order chi connectivity index (χ1) is 13.9. The van der Waals surface area contributed by atoms with Crippen molar-refractivity contribution in [1.82, 2.24) is 9.55 Å². The number of hydrogen-bond acceptors (Lipinski definition) is 5. The van der Waals surface area contributed by atoms with Gasteiger partial charge < -0.3 is 24.1 Å². The van der Waals surface area contributed by atoms with Crippen molar-refractivity contribution in [2.45, 2.75) is 12.7 Å². The first-order valence-electron chi connectivity index (χ1n) is 8.67. The molecule has 2 heterocycles. The Morgan fingerprint density at radius 1 is 1.21 bits per heavy atom. The third-order valence-electron chi connectivity index (χ3n) is 4.35. The molecule has 0 saturated carbocycles. The second-order valence-corrected chi connectivity index (χ2v) is 6.25. The maximum absolute atomic E-state index is 13.6. The lowest BCUT2D eigenvalue weighted by Crippen LogP contribution is -2.23. The summed E-state index contributed by atoms with van der Waals surface area (Å²) in [5.41, 5.74) is 0.538. The van der Waals surface area contributed by atoms with Crippen LogP contribution in [-0.4, -0.2) is 35.8 Å². The number of alkyl halides is 3. The van der Waals surface area contributed by atoms with Crippen LogP contribution in [0.15, 0.2) is 36.4 Å². The summed E-state index contributed by atoms with van der Waals surface area (Å²) in [6, 6.07) is 9.40. The van der Waals surface area contributed by atoms with E-state index in [2.05, 4.69) is 10.3 Å². The third kappa shape index (κ3) is 3.65. The fourth-order valence-corrected chi connectivity index (χ4v) is 3.12. The standard InChI is InChI=1S/C19H16F3N3O4/c1-27-14-5-3-2-4-11(14)23-17(26)10-25-13-9-16-15(28-6-7-29-16)8-12(13)24-18(25)19(20,21)22/h2-5,8-9H,6-7,10H2,1H3,(H,23,26). The number of carbonyl (C=O) groups is 1. The summed E-state index contributed by atoms with van der Waals surface area (Å²) in [5.74, 6) is -0.810. The molecule has 1 aromatic heterocycles. The lowest BCUT2D eigenvalue weighted by Gasteiger charge is -2.18. The number of fused-ring (bicyclic) bond motifs is 2. The SMILES string of the molecule is COc1ccccc1NC(=O)Cn1c(C(F)(F)F)nc2cc3c(cc21)OCCO3. The highest BCUT2D eigenvalue weighted by atomic mass is 19.4. The molecule has 0 atom stereocenters. The summed E-state index contributed by atoms with van der Waals surface area (Å²) in [5, 5.41) is 2.57. The number of anilines is 1. The fraction of sp³-hybridized carbons (Fsp3) is 0.263. The number of rotatable bonds is 4.